The van der Waals surface area contributed by atoms with Crippen molar-refractivity contribution in [1.82, 2.24) is 25.1 Å². The summed E-state index contributed by atoms with van der Waals surface area (Å²) in [6.07, 6.45) is 3.19. The number of ketones is 1. The van der Waals surface area contributed by atoms with Gasteiger partial charge < -0.3 is 11.1 Å². The number of carbonyl (C=O) groups excluding carboxylic acids is 3. The number of benzene rings is 2. The van der Waals surface area contributed by atoms with Crippen molar-refractivity contribution in [1.29, 1.82) is 0 Å². The zero-order valence-corrected chi connectivity index (χ0v) is 17.2. The SMILES string of the molecule is Cn1cc(C(=O)NC(Cc2ccccc2)C(=O)C(N)=O)c(-c2cnc3ccccc3n2)n1. The highest BCUT2D eigenvalue weighted by molar-refractivity contribution is 6.38. The van der Waals surface area contributed by atoms with Gasteiger partial charge in [0.2, 0.25) is 5.78 Å². The smallest absolute Gasteiger partial charge is 0.287 e. The molecule has 0 aliphatic heterocycles. The van der Waals surface area contributed by atoms with Gasteiger partial charge in [-0.25, -0.2) is 4.98 Å². The van der Waals surface area contributed by atoms with Gasteiger partial charge in [-0.1, -0.05) is 42.5 Å². The summed E-state index contributed by atoms with van der Waals surface area (Å²) in [4.78, 5) is 46.0. The normalized spacial score (nSPS) is 11.8. The first kappa shape index (κ1) is 20.9. The van der Waals surface area contributed by atoms with E-state index in [0.717, 1.165) is 5.56 Å². The van der Waals surface area contributed by atoms with Crippen LogP contribution in [0.5, 0.6) is 0 Å². The second-order valence-corrected chi connectivity index (χ2v) is 7.25. The number of nitrogens with zero attached hydrogens (tertiary/aromatic N) is 4. The number of amides is 2. The molecule has 0 spiro atoms. The van der Waals surface area contributed by atoms with Crippen LogP contribution in [-0.4, -0.2) is 43.4 Å². The van der Waals surface area contributed by atoms with Gasteiger partial charge in [-0.05, 0) is 17.7 Å². The molecule has 9 nitrogen and oxygen atoms in total. The van der Waals surface area contributed by atoms with Gasteiger partial charge in [0.15, 0.2) is 0 Å². The van der Waals surface area contributed by atoms with Gasteiger partial charge in [-0.2, -0.15) is 5.10 Å². The molecule has 1 atom stereocenters. The number of hydrogen-bond acceptors (Lipinski definition) is 6. The molecule has 9 heteroatoms. The maximum Gasteiger partial charge on any atom is 0.287 e. The van der Waals surface area contributed by atoms with Gasteiger partial charge in [-0.3, -0.25) is 24.0 Å². The lowest BCUT2D eigenvalue weighted by molar-refractivity contribution is -0.137. The summed E-state index contributed by atoms with van der Waals surface area (Å²) >= 11 is 0. The third kappa shape index (κ3) is 4.36. The number of rotatable bonds is 7. The summed E-state index contributed by atoms with van der Waals surface area (Å²) in [7, 11) is 1.67. The quantitative estimate of drug-likeness (QED) is 0.428. The summed E-state index contributed by atoms with van der Waals surface area (Å²) in [6.45, 7) is 0. The first-order chi connectivity index (χ1) is 15.4. The number of nitrogens with one attached hydrogen (secondary N) is 1. The Morgan fingerprint density at radius 2 is 1.72 bits per heavy atom. The molecule has 0 aliphatic carbocycles. The topological polar surface area (TPSA) is 133 Å². The number of Topliss-reactive ketones (excluding diaryl/α,β-unsaturated/α-hetero) is 1. The van der Waals surface area contributed by atoms with Crippen LogP contribution in [0.4, 0.5) is 0 Å². The summed E-state index contributed by atoms with van der Waals surface area (Å²) in [6, 6.07) is 15.3. The molecule has 0 bridgehead atoms. The van der Waals surface area contributed by atoms with Crippen LogP contribution < -0.4 is 11.1 Å². The molecule has 0 fully saturated rings. The number of para-hydroxylation sites is 2. The Hall–Kier alpha value is -4.40. The lowest BCUT2D eigenvalue weighted by atomic mass is 10.0. The maximum atomic E-state index is 13.1. The first-order valence-corrected chi connectivity index (χ1v) is 9.86. The van der Waals surface area contributed by atoms with Gasteiger partial charge in [0.1, 0.15) is 17.4 Å². The van der Waals surface area contributed by atoms with E-state index < -0.39 is 23.6 Å². The minimum atomic E-state index is -1.11. The molecular formula is C23H20N6O3. The predicted octanol–water partition coefficient (Wildman–Crippen LogP) is 1.43. The van der Waals surface area contributed by atoms with Crippen LogP contribution in [-0.2, 0) is 23.1 Å². The van der Waals surface area contributed by atoms with Crippen molar-refractivity contribution >= 4 is 28.6 Å². The molecule has 4 rings (SSSR count). The molecule has 32 heavy (non-hydrogen) atoms. The average Bonchev–Trinajstić information content (AvgIpc) is 3.20. The van der Waals surface area contributed by atoms with Crippen LogP contribution >= 0.6 is 0 Å². The van der Waals surface area contributed by atoms with Crippen molar-refractivity contribution in [3.63, 3.8) is 0 Å². The molecule has 2 heterocycles. The van der Waals surface area contributed by atoms with Crippen LogP contribution in [0, 0.1) is 0 Å². The fourth-order valence-electron chi connectivity index (χ4n) is 3.38. The van der Waals surface area contributed by atoms with E-state index in [4.69, 9.17) is 5.73 Å². The Morgan fingerprint density at radius 1 is 1.03 bits per heavy atom. The van der Waals surface area contributed by atoms with Gasteiger partial charge >= 0.3 is 0 Å². The average molecular weight is 428 g/mol. The number of carbonyl (C=O) groups is 3. The molecule has 0 saturated carbocycles. The number of hydrogen-bond donors (Lipinski definition) is 2. The van der Waals surface area contributed by atoms with Crippen LogP contribution in [0.3, 0.4) is 0 Å². The van der Waals surface area contributed by atoms with E-state index in [1.54, 1.807) is 31.3 Å². The van der Waals surface area contributed by atoms with E-state index in [9.17, 15) is 14.4 Å². The summed E-state index contributed by atoms with van der Waals surface area (Å²) in [5.41, 5.74) is 8.29. The van der Waals surface area contributed by atoms with Crippen LogP contribution in [0.1, 0.15) is 15.9 Å². The molecule has 0 aliphatic rings. The number of fused-ring (bicyclic) bond motifs is 1. The molecule has 4 aromatic rings. The number of nitrogens with two attached hydrogens (primary N) is 1. The number of aryl methyl sites for hydroxylation is 1. The zero-order valence-electron chi connectivity index (χ0n) is 17.2. The molecule has 2 aromatic carbocycles. The standard InChI is InChI=1S/C23H20N6O3/c1-29-13-15(20(28-29)19-12-25-16-9-5-6-10-17(16)26-19)23(32)27-18(21(30)22(24)31)11-14-7-3-2-4-8-14/h2-10,12-13,18H,11H2,1H3,(H2,24,31)(H,27,32). The minimum absolute atomic E-state index is 0.125. The van der Waals surface area contributed by atoms with E-state index >= 15 is 0 Å². The van der Waals surface area contributed by atoms with E-state index in [-0.39, 0.29) is 12.0 Å². The summed E-state index contributed by atoms with van der Waals surface area (Å²) in [5.74, 6) is -2.56. The molecule has 160 valence electrons. The molecule has 1 unspecified atom stereocenters. The molecule has 2 amide bonds. The Kier molecular flexibility index (Phi) is 5.71. The van der Waals surface area contributed by atoms with Crippen LogP contribution in [0.15, 0.2) is 67.0 Å². The Morgan fingerprint density at radius 3 is 2.44 bits per heavy atom. The second kappa shape index (κ2) is 8.76. The predicted molar refractivity (Wildman–Crippen MR) is 117 cm³/mol. The van der Waals surface area contributed by atoms with E-state index in [2.05, 4.69) is 20.4 Å². The van der Waals surface area contributed by atoms with Gasteiger partial charge in [0.05, 0.1) is 22.8 Å². The minimum Gasteiger partial charge on any atom is -0.363 e. The molecule has 2 aromatic heterocycles. The van der Waals surface area contributed by atoms with Crippen molar-refractivity contribution in [2.24, 2.45) is 12.8 Å². The number of primary amides is 1. The maximum absolute atomic E-state index is 13.1. The third-order valence-electron chi connectivity index (χ3n) is 4.91. The van der Waals surface area contributed by atoms with Crippen LogP contribution in [0.25, 0.3) is 22.4 Å². The Balaban J connectivity index is 1.65. The Labute approximate surface area is 183 Å². The summed E-state index contributed by atoms with van der Waals surface area (Å²) in [5, 5.41) is 6.99. The van der Waals surface area contributed by atoms with E-state index in [1.807, 2.05) is 30.3 Å². The molecular weight excluding hydrogens is 408 g/mol. The Bertz CT molecular complexity index is 1320. The lowest BCUT2D eigenvalue weighted by Crippen LogP contribution is -2.47. The monoisotopic (exact) mass is 428 g/mol. The first-order valence-electron chi connectivity index (χ1n) is 9.86. The lowest BCUT2D eigenvalue weighted by Gasteiger charge is -2.16. The van der Waals surface area contributed by atoms with Crippen molar-refractivity contribution in [3.8, 4) is 11.4 Å². The molecule has 0 saturated heterocycles. The molecule has 3 N–H and O–H groups in total. The van der Waals surface area contributed by atoms with Crippen LogP contribution in [0.2, 0.25) is 0 Å². The van der Waals surface area contributed by atoms with E-state index in [1.165, 1.54) is 17.1 Å². The fourth-order valence-corrected chi connectivity index (χ4v) is 3.38. The zero-order chi connectivity index (χ0) is 22.7. The van der Waals surface area contributed by atoms with Gasteiger partial charge in [0.25, 0.3) is 11.8 Å². The van der Waals surface area contributed by atoms with Crippen molar-refractivity contribution in [2.45, 2.75) is 12.5 Å². The highest BCUT2D eigenvalue weighted by Crippen LogP contribution is 2.22. The van der Waals surface area contributed by atoms with Gasteiger partial charge in [-0.15, -0.1) is 0 Å². The largest absolute Gasteiger partial charge is 0.363 e. The van der Waals surface area contributed by atoms with Gasteiger partial charge in [0, 0.05) is 19.7 Å². The second-order valence-electron chi connectivity index (χ2n) is 7.25. The fraction of sp³-hybridized carbons (Fsp3) is 0.130. The van der Waals surface area contributed by atoms with Crippen molar-refractivity contribution in [2.75, 3.05) is 0 Å². The summed E-state index contributed by atoms with van der Waals surface area (Å²) < 4.78 is 1.48. The third-order valence-corrected chi connectivity index (χ3v) is 4.91. The van der Waals surface area contributed by atoms with Crippen molar-refractivity contribution in [3.05, 3.63) is 78.1 Å². The van der Waals surface area contributed by atoms with Crippen molar-refractivity contribution < 1.29 is 14.4 Å². The molecule has 0 radical (unpaired) electrons. The highest BCUT2D eigenvalue weighted by Gasteiger charge is 2.28. The highest BCUT2D eigenvalue weighted by atomic mass is 16.2. The van der Waals surface area contributed by atoms with E-state index in [0.29, 0.717) is 22.4 Å². The number of aromatic nitrogens is 4.